The molecule has 0 aliphatic carbocycles. The van der Waals surface area contributed by atoms with E-state index in [1.54, 1.807) is 19.9 Å². The fraction of sp³-hybridized carbons (Fsp3) is 0.583. The number of carbonyl (C=O) groups is 3. The van der Waals surface area contributed by atoms with Gasteiger partial charge in [0, 0.05) is 13.3 Å². The third kappa shape index (κ3) is 4.99. The first-order valence-electron chi connectivity index (χ1n) is 5.36. The Labute approximate surface area is 106 Å². The Morgan fingerprint density at radius 1 is 1.22 bits per heavy atom. The second-order valence-electron chi connectivity index (χ2n) is 4.13. The zero-order valence-corrected chi connectivity index (χ0v) is 11.0. The molecule has 18 heavy (non-hydrogen) atoms. The van der Waals surface area contributed by atoms with E-state index in [2.05, 4.69) is 4.74 Å². The maximum atomic E-state index is 11.3. The van der Waals surface area contributed by atoms with E-state index in [1.807, 2.05) is 0 Å². The summed E-state index contributed by atoms with van der Waals surface area (Å²) < 4.78 is 9.27. The molecular weight excluding hydrogens is 240 g/mol. The van der Waals surface area contributed by atoms with Crippen LogP contribution in [0.15, 0.2) is 11.6 Å². The van der Waals surface area contributed by atoms with Gasteiger partial charge in [-0.05, 0) is 13.8 Å². The van der Waals surface area contributed by atoms with Crippen LogP contribution in [0.1, 0.15) is 33.6 Å². The first kappa shape index (κ1) is 16.1. The standard InChI is InChI=1S/C12H18O6/c1-8(2)5-6-12(11(15)16,18-9(3)13)7-10(14)17-4/h5H,6-7H2,1-4H3,(H,15,16)/t12-/m1/s1. The fourth-order valence-corrected chi connectivity index (χ4v) is 1.31. The zero-order valence-electron chi connectivity index (χ0n) is 11.0. The molecule has 6 heteroatoms. The van der Waals surface area contributed by atoms with Crippen LogP contribution in [0.4, 0.5) is 0 Å². The van der Waals surface area contributed by atoms with Gasteiger partial charge in [-0.25, -0.2) is 4.79 Å². The van der Waals surface area contributed by atoms with Gasteiger partial charge in [-0.15, -0.1) is 0 Å². The summed E-state index contributed by atoms with van der Waals surface area (Å²) in [5.41, 5.74) is -1.05. The van der Waals surface area contributed by atoms with Gasteiger partial charge in [0.15, 0.2) is 0 Å². The minimum atomic E-state index is -1.91. The normalized spacial score (nSPS) is 13.1. The molecule has 0 aromatic heterocycles. The molecule has 0 aliphatic heterocycles. The van der Waals surface area contributed by atoms with Gasteiger partial charge in [0.2, 0.25) is 5.60 Å². The summed E-state index contributed by atoms with van der Waals surface area (Å²) in [5.74, 6) is -2.88. The molecule has 0 aromatic rings. The average molecular weight is 258 g/mol. The van der Waals surface area contributed by atoms with Crippen molar-refractivity contribution in [3.63, 3.8) is 0 Å². The highest BCUT2D eigenvalue weighted by molar-refractivity contribution is 5.87. The van der Waals surface area contributed by atoms with E-state index >= 15 is 0 Å². The molecular formula is C12H18O6. The number of aliphatic carboxylic acids is 1. The molecule has 0 aromatic carbocycles. The SMILES string of the molecule is COC(=O)C[C@@](CC=C(C)C)(OC(C)=O)C(=O)O. The quantitative estimate of drug-likeness (QED) is 0.570. The van der Waals surface area contributed by atoms with Crippen molar-refractivity contribution < 1.29 is 29.0 Å². The molecule has 0 bridgehead atoms. The van der Waals surface area contributed by atoms with Crippen molar-refractivity contribution in [2.75, 3.05) is 7.11 Å². The highest BCUT2D eigenvalue weighted by atomic mass is 16.6. The highest BCUT2D eigenvalue weighted by Gasteiger charge is 2.43. The summed E-state index contributed by atoms with van der Waals surface area (Å²) in [4.78, 5) is 33.6. The number of hydrogen-bond acceptors (Lipinski definition) is 5. The van der Waals surface area contributed by atoms with Crippen LogP contribution in [-0.2, 0) is 23.9 Å². The molecule has 6 nitrogen and oxygen atoms in total. The first-order chi connectivity index (χ1) is 8.23. The maximum Gasteiger partial charge on any atom is 0.349 e. The Morgan fingerprint density at radius 2 is 1.78 bits per heavy atom. The topological polar surface area (TPSA) is 89.9 Å². The number of carboxylic acid groups (broad SMARTS) is 1. The second-order valence-corrected chi connectivity index (χ2v) is 4.13. The number of esters is 2. The summed E-state index contributed by atoms with van der Waals surface area (Å²) in [6.07, 6.45) is 0.988. The number of carboxylic acids is 1. The van der Waals surface area contributed by atoms with Gasteiger partial charge in [-0.3, -0.25) is 9.59 Å². The summed E-state index contributed by atoms with van der Waals surface area (Å²) >= 11 is 0. The predicted octanol–water partition coefficient (Wildman–Crippen LogP) is 1.29. The van der Waals surface area contributed by atoms with E-state index in [0.717, 1.165) is 19.6 Å². The van der Waals surface area contributed by atoms with Gasteiger partial charge >= 0.3 is 17.9 Å². The van der Waals surface area contributed by atoms with E-state index in [4.69, 9.17) is 4.74 Å². The Bertz CT molecular complexity index is 367. The van der Waals surface area contributed by atoms with Crippen LogP contribution in [0.25, 0.3) is 0 Å². The van der Waals surface area contributed by atoms with Crippen LogP contribution < -0.4 is 0 Å². The van der Waals surface area contributed by atoms with Crippen molar-refractivity contribution in [2.45, 2.75) is 39.2 Å². The maximum absolute atomic E-state index is 11.3. The molecule has 0 amide bonds. The predicted molar refractivity (Wildman–Crippen MR) is 62.8 cm³/mol. The lowest BCUT2D eigenvalue weighted by molar-refractivity contribution is -0.181. The largest absolute Gasteiger partial charge is 0.478 e. The van der Waals surface area contributed by atoms with Gasteiger partial charge in [0.05, 0.1) is 13.5 Å². The first-order valence-corrected chi connectivity index (χ1v) is 5.36. The molecule has 0 radical (unpaired) electrons. The Balaban J connectivity index is 5.27. The third-order valence-corrected chi connectivity index (χ3v) is 2.23. The van der Waals surface area contributed by atoms with E-state index in [1.165, 1.54) is 0 Å². The highest BCUT2D eigenvalue weighted by Crippen LogP contribution is 2.24. The van der Waals surface area contributed by atoms with Crippen LogP contribution in [0.5, 0.6) is 0 Å². The molecule has 102 valence electrons. The van der Waals surface area contributed by atoms with Crippen LogP contribution in [-0.4, -0.2) is 35.7 Å². The molecule has 1 N–H and O–H groups in total. The van der Waals surface area contributed by atoms with E-state index in [-0.39, 0.29) is 6.42 Å². The van der Waals surface area contributed by atoms with Crippen molar-refractivity contribution in [3.8, 4) is 0 Å². The Hall–Kier alpha value is -1.85. The van der Waals surface area contributed by atoms with Crippen LogP contribution >= 0.6 is 0 Å². The molecule has 0 saturated carbocycles. The molecule has 0 saturated heterocycles. The van der Waals surface area contributed by atoms with Gasteiger partial charge in [0.1, 0.15) is 0 Å². The van der Waals surface area contributed by atoms with Gasteiger partial charge in [-0.2, -0.15) is 0 Å². The van der Waals surface area contributed by atoms with E-state index in [0.29, 0.717) is 0 Å². The number of hydrogen-bond donors (Lipinski definition) is 1. The third-order valence-electron chi connectivity index (χ3n) is 2.23. The van der Waals surface area contributed by atoms with Gasteiger partial charge < -0.3 is 14.6 Å². The van der Waals surface area contributed by atoms with Crippen molar-refractivity contribution in [2.24, 2.45) is 0 Å². The molecule has 0 spiro atoms. The van der Waals surface area contributed by atoms with E-state index in [9.17, 15) is 19.5 Å². The molecule has 0 fully saturated rings. The monoisotopic (exact) mass is 258 g/mol. The lowest BCUT2D eigenvalue weighted by Gasteiger charge is -2.26. The second kappa shape index (κ2) is 6.78. The smallest absolute Gasteiger partial charge is 0.349 e. The fourth-order valence-electron chi connectivity index (χ4n) is 1.31. The number of allylic oxidation sites excluding steroid dienone is 1. The summed E-state index contributed by atoms with van der Waals surface area (Å²) in [5, 5.41) is 9.22. The van der Waals surface area contributed by atoms with Crippen LogP contribution in [0, 0.1) is 0 Å². The Morgan fingerprint density at radius 3 is 2.11 bits per heavy atom. The van der Waals surface area contributed by atoms with Gasteiger partial charge in [-0.1, -0.05) is 11.6 Å². The summed E-state index contributed by atoms with van der Waals surface area (Å²) in [6.45, 7) is 4.65. The zero-order chi connectivity index (χ0) is 14.3. The summed E-state index contributed by atoms with van der Waals surface area (Å²) in [7, 11) is 1.14. The molecule has 0 heterocycles. The van der Waals surface area contributed by atoms with Crippen molar-refractivity contribution in [1.82, 2.24) is 0 Å². The minimum absolute atomic E-state index is 0.0840. The lowest BCUT2D eigenvalue weighted by atomic mass is 9.94. The molecule has 0 rings (SSSR count). The number of ether oxygens (including phenoxy) is 2. The minimum Gasteiger partial charge on any atom is -0.478 e. The lowest BCUT2D eigenvalue weighted by Crippen LogP contribution is -2.44. The number of methoxy groups -OCH3 is 1. The van der Waals surface area contributed by atoms with Crippen LogP contribution in [0.2, 0.25) is 0 Å². The van der Waals surface area contributed by atoms with Crippen LogP contribution in [0.3, 0.4) is 0 Å². The molecule has 0 aliphatic rings. The number of rotatable bonds is 6. The molecule has 0 unspecified atom stereocenters. The van der Waals surface area contributed by atoms with Crippen molar-refractivity contribution in [1.29, 1.82) is 0 Å². The number of carbonyl (C=O) groups excluding carboxylic acids is 2. The van der Waals surface area contributed by atoms with Gasteiger partial charge in [0.25, 0.3) is 0 Å². The Kier molecular flexibility index (Phi) is 6.08. The average Bonchev–Trinajstić information content (AvgIpc) is 2.24. The van der Waals surface area contributed by atoms with E-state index < -0.39 is 29.9 Å². The van der Waals surface area contributed by atoms with Crippen molar-refractivity contribution >= 4 is 17.9 Å². The van der Waals surface area contributed by atoms with Crippen molar-refractivity contribution in [3.05, 3.63) is 11.6 Å². The summed E-state index contributed by atoms with van der Waals surface area (Å²) in [6, 6.07) is 0. The molecule has 1 atom stereocenters.